The number of carbonyl (C=O) groups excluding carboxylic acids is 2. The quantitative estimate of drug-likeness (QED) is 0.363. The molecule has 4 aromatic rings. The number of thiophene rings is 1. The van der Waals surface area contributed by atoms with E-state index in [-0.39, 0.29) is 29.0 Å². The summed E-state index contributed by atoms with van der Waals surface area (Å²) in [5.74, 6) is -1.06. The number of piperidine rings is 1. The molecule has 2 aromatic heterocycles. The Morgan fingerprint density at radius 2 is 1.82 bits per heavy atom. The standard InChI is InChI=1S/C27H25ClN4O4S2/c1-38(35,36)19-8-4-6-17(14-19)24-11-12-25(37-24)23-15-21(30-32(23)22-10-3-2-9-20(22)28)27(34)31-13-5-7-18(16-31)26(29)33/h2-4,6,8-12,14-15,18H,5,7,13,16H2,1H3,(H2,29,33). The molecule has 196 valence electrons. The molecule has 0 radical (unpaired) electrons. The smallest absolute Gasteiger partial charge is 0.274 e. The first-order valence-electron chi connectivity index (χ1n) is 12.0. The van der Waals surface area contributed by atoms with Crippen molar-refractivity contribution in [3.8, 4) is 26.7 Å². The molecule has 11 heteroatoms. The van der Waals surface area contributed by atoms with Crippen molar-refractivity contribution < 1.29 is 18.0 Å². The van der Waals surface area contributed by atoms with Crippen molar-refractivity contribution >= 4 is 44.6 Å². The van der Waals surface area contributed by atoms with E-state index in [2.05, 4.69) is 5.10 Å². The minimum absolute atomic E-state index is 0.235. The SMILES string of the molecule is CS(=O)(=O)c1cccc(-c2ccc(-c3cc(C(=O)N4CCCC(C(N)=O)C4)nn3-c3ccccc3Cl)s2)c1. The van der Waals surface area contributed by atoms with Crippen molar-refractivity contribution in [1.29, 1.82) is 0 Å². The van der Waals surface area contributed by atoms with Gasteiger partial charge in [-0.3, -0.25) is 9.59 Å². The van der Waals surface area contributed by atoms with Crippen LogP contribution in [0, 0.1) is 5.92 Å². The maximum absolute atomic E-state index is 13.5. The number of aromatic nitrogens is 2. The second kappa shape index (κ2) is 10.4. The summed E-state index contributed by atoms with van der Waals surface area (Å²) in [6.07, 6.45) is 2.54. The third-order valence-corrected chi connectivity index (χ3v) is 9.11. The summed E-state index contributed by atoms with van der Waals surface area (Å²) in [5.41, 5.74) is 7.80. The number of amides is 2. The molecule has 1 aliphatic heterocycles. The number of para-hydroxylation sites is 1. The fourth-order valence-corrected chi connectivity index (χ4v) is 6.42. The van der Waals surface area contributed by atoms with E-state index in [9.17, 15) is 18.0 Å². The van der Waals surface area contributed by atoms with Gasteiger partial charge in [0.2, 0.25) is 5.91 Å². The van der Waals surface area contributed by atoms with E-state index in [4.69, 9.17) is 17.3 Å². The summed E-state index contributed by atoms with van der Waals surface area (Å²) in [5, 5.41) is 5.12. The Kier molecular flexibility index (Phi) is 7.13. The number of hydrogen-bond donors (Lipinski definition) is 1. The Balaban J connectivity index is 1.56. The molecule has 2 N–H and O–H groups in total. The number of sulfone groups is 1. The van der Waals surface area contributed by atoms with Crippen LogP contribution in [0.25, 0.3) is 26.7 Å². The van der Waals surface area contributed by atoms with Gasteiger partial charge < -0.3 is 10.6 Å². The summed E-state index contributed by atoms with van der Waals surface area (Å²) < 4.78 is 25.7. The van der Waals surface area contributed by atoms with Gasteiger partial charge in [-0.2, -0.15) is 5.10 Å². The molecule has 1 aliphatic rings. The summed E-state index contributed by atoms with van der Waals surface area (Å²) in [6, 6.07) is 19.6. The van der Waals surface area contributed by atoms with Gasteiger partial charge in [0, 0.05) is 24.2 Å². The van der Waals surface area contributed by atoms with Gasteiger partial charge in [-0.25, -0.2) is 13.1 Å². The highest BCUT2D eigenvalue weighted by molar-refractivity contribution is 7.90. The molecule has 0 saturated carbocycles. The lowest BCUT2D eigenvalue weighted by molar-refractivity contribution is -0.123. The zero-order chi connectivity index (χ0) is 27.0. The molecular formula is C27H25ClN4O4S2. The molecule has 8 nitrogen and oxygen atoms in total. The Morgan fingerprint density at radius 1 is 1.05 bits per heavy atom. The number of nitrogens with two attached hydrogens (primary N) is 1. The van der Waals surface area contributed by atoms with E-state index in [0.717, 1.165) is 15.3 Å². The maximum atomic E-state index is 13.5. The van der Waals surface area contributed by atoms with Gasteiger partial charge in [-0.1, -0.05) is 35.9 Å². The number of nitrogens with zero attached hydrogens (tertiary/aromatic N) is 3. The van der Waals surface area contributed by atoms with Crippen molar-refractivity contribution in [2.75, 3.05) is 19.3 Å². The molecule has 0 aliphatic carbocycles. The number of carbonyl (C=O) groups is 2. The van der Waals surface area contributed by atoms with Crippen LogP contribution < -0.4 is 5.73 Å². The molecule has 1 atom stereocenters. The number of likely N-dealkylation sites (tertiary alicyclic amines) is 1. The van der Waals surface area contributed by atoms with Gasteiger partial charge in [0.15, 0.2) is 15.5 Å². The predicted molar refractivity (Wildman–Crippen MR) is 148 cm³/mol. The third kappa shape index (κ3) is 5.24. The van der Waals surface area contributed by atoms with Crippen LogP contribution in [0.3, 0.4) is 0 Å². The van der Waals surface area contributed by atoms with Gasteiger partial charge in [-0.15, -0.1) is 11.3 Å². The van der Waals surface area contributed by atoms with E-state index in [1.165, 1.54) is 17.6 Å². The molecular weight excluding hydrogens is 544 g/mol. The monoisotopic (exact) mass is 568 g/mol. The first-order chi connectivity index (χ1) is 18.1. The largest absolute Gasteiger partial charge is 0.369 e. The first-order valence-corrected chi connectivity index (χ1v) is 15.0. The average Bonchev–Trinajstić information content (AvgIpc) is 3.56. The number of hydrogen-bond acceptors (Lipinski definition) is 6. The molecule has 1 fully saturated rings. The van der Waals surface area contributed by atoms with E-state index in [1.807, 2.05) is 36.4 Å². The molecule has 0 bridgehead atoms. The minimum Gasteiger partial charge on any atom is -0.369 e. The van der Waals surface area contributed by atoms with Crippen molar-refractivity contribution in [1.82, 2.24) is 14.7 Å². The summed E-state index contributed by atoms with van der Waals surface area (Å²) in [6.45, 7) is 0.791. The molecule has 2 amide bonds. The normalized spacial score (nSPS) is 15.9. The highest BCUT2D eigenvalue weighted by Gasteiger charge is 2.30. The lowest BCUT2D eigenvalue weighted by Crippen LogP contribution is -2.44. The van der Waals surface area contributed by atoms with E-state index in [0.29, 0.717) is 35.8 Å². The number of primary amides is 1. The van der Waals surface area contributed by atoms with Gasteiger partial charge >= 0.3 is 0 Å². The number of halogens is 1. The molecule has 1 unspecified atom stereocenters. The van der Waals surface area contributed by atoms with Crippen LogP contribution in [-0.4, -0.2) is 54.3 Å². The van der Waals surface area contributed by atoms with Crippen molar-refractivity contribution in [2.24, 2.45) is 11.7 Å². The molecule has 5 rings (SSSR count). The average molecular weight is 569 g/mol. The van der Waals surface area contributed by atoms with Gasteiger partial charge in [0.1, 0.15) is 0 Å². The Hall–Kier alpha value is -3.47. The fraction of sp³-hybridized carbons (Fsp3) is 0.222. The van der Waals surface area contributed by atoms with Crippen molar-refractivity contribution in [2.45, 2.75) is 17.7 Å². The second-order valence-corrected chi connectivity index (χ2v) is 12.7. The van der Waals surface area contributed by atoms with Crippen LogP contribution in [0.15, 0.2) is 71.6 Å². The lowest BCUT2D eigenvalue weighted by atomic mass is 9.97. The van der Waals surface area contributed by atoms with Crippen LogP contribution in [0.2, 0.25) is 5.02 Å². The van der Waals surface area contributed by atoms with Crippen molar-refractivity contribution in [3.63, 3.8) is 0 Å². The van der Waals surface area contributed by atoms with Crippen molar-refractivity contribution in [3.05, 3.63) is 77.4 Å². The summed E-state index contributed by atoms with van der Waals surface area (Å²) >= 11 is 7.96. The summed E-state index contributed by atoms with van der Waals surface area (Å²) in [4.78, 5) is 28.7. The molecule has 0 spiro atoms. The Bertz CT molecular complexity index is 1640. The van der Waals surface area contributed by atoms with Crippen LogP contribution in [0.4, 0.5) is 0 Å². The van der Waals surface area contributed by atoms with Crippen LogP contribution in [0.5, 0.6) is 0 Å². The van der Waals surface area contributed by atoms with Gasteiger partial charge in [-0.05, 0) is 60.9 Å². The molecule has 38 heavy (non-hydrogen) atoms. The van der Waals surface area contributed by atoms with Crippen LogP contribution in [-0.2, 0) is 14.6 Å². The lowest BCUT2D eigenvalue weighted by Gasteiger charge is -2.30. The number of rotatable bonds is 6. The van der Waals surface area contributed by atoms with E-state index in [1.54, 1.807) is 39.9 Å². The van der Waals surface area contributed by atoms with Gasteiger partial charge in [0.25, 0.3) is 5.91 Å². The fourth-order valence-electron chi connectivity index (χ4n) is 4.53. The topological polar surface area (TPSA) is 115 Å². The minimum atomic E-state index is -3.35. The van der Waals surface area contributed by atoms with E-state index >= 15 is 0 Å². The first kappa shape index (κ1) is 26.1. The maximum Gasteiger partial charge on any atom is 0.274 e. The van der Waals surface area contributed by atoms with Crippen LogP contribution in [0.1, 0.15) is 23.3 Å². The number of benzene rings is 2. The summed E-state index contributed by atoms with van der Waals surface area (Å²) in [7, 11) is -3.35. The zero-order valence-electron chi connectivity index (χ0n) is 20.5. The highest BCUT2D eigenvalue weighted by atomic mass is 35.5. The third-order valence-electron chi connectivity index (χ3n) is 6.53. The molecule has 3 heterocycles. The van der Waals surface area contributed by atoms with E-state index < -0.39 is 15.7 Å². The second-order valence-electron chi connectivity index (χ2n) is 9.23. The Morgan fingerprint density at radius 3 is 2.55 bits per heavy atom. The van der Waals surface area contributed by atoms with Crippen LogP contribution >= 0.6 is 22.9 Å². The molecule has 2 aromatic carbocycles. The zero-order valence-corrected chi connectivity index (χ0v) is 22.9. The molecule has 1 saturated heterocycles. The highest BCUT2D eigenvalue weighted by Crippen LogP contribution is 2.37. The Labute approximate surface area is 229 Å². The van der Waals surface area contributed by atoms with Gasteiger partial charge in [0.05, 0.1) is 32.1 Å². The predicted octanol–water partition coefficient (Wildman–Crippen LogP) is 4.66.